The number of phenols is 1. The van der Waals surface area contributed by atoms with Crippen LogP contribution in [0, 0.1) is 0 Å². The molecular formula is C55H35Br3O11. The Hall–Kier alpha value is -7.65. The Kier molecular flexibility index (Phi) is 15.2. The monoisotopic (exact) mass is 1110 g/mol. The summed E-state index contributed by atoms with van der Waals surface area (Å²) in [5.74, 6) is -5.79. The molecule has 0 unspecified atom stereocenters. The highest BCUT2D eigenvalue weighted by Gasteiger charge is 2.36. The van der Waals surface area contributed by atoms with Crippen molar-refractivity contribution < 1.29 is 52.8 Å². The van der Waals surface area contributed by atoms with Gasteiger partial charge in [-0.05, 0) is 119 Å². The molecule has 8 rings (SSSR count). The molecule has 0 spiro atoms. The van der Waals surface area contributed by atoms with Gasteiger partial charge in [-0.1, -0.05) is 133 Å². The predicted molar refractivity (Wildman–Crippen MR) is 268 cm³/mol. The molecular weight excluding hydrogens is 1080 g/mol. The van der Waals surface area contributed by atoms with Crippen LogP contribution >= 0.6 is 47.8 Å². The van der Waals surface area contributed by atoms with Gasteiger partial charge >= 0.3 is 29.8 Å². The molecule has 0 radical (unpaired) electrons. The number of aromatic hydroxyl groups is 1. The number of halogens is 3. The van der Waals surface area contributed by atoms with E-state index in [1.165, 1.54) is 72.8 Å². The molecule has 0 amide bonds. The highest BCUT2D eigenvalue weighted by molar-refractivity contribution is 9.11. The van der Waals surface area contributed by atoms with Crippen LogP contribution in [0.15, 0.2) is 195 Å². The number of ether oxygens (including phenoxy) is 5. The van der Waals surface area contributed by atoms with E-state index in [2.05, 4.69) is 47.8 Å². The molecule has 0 fully saturated rings. The number of hydrogen-bond acceptors (Lipinski definition) is 11. The first kappa shape index (κ1) is 47.8. The van der Waals surface area contributed by atoms with Gasteiger partial charge in [0.2, 0.25) is 0 Å². The van der Waals surface area contributed by atoms with Gasteiger partial charge in [0.05, 0.1) is 40.7 Å². The highest BCUT2D eigenvalue weighted by atomic mass is 79.9. The second-order valence-electron chi connectivity index (χ2n) is 15.1. The molecule has 11 nitrogen and oxygen atoms in total. The van der Waals surface area contributed by atoms with Crippen LogP contribution in [0.2, 0.25) is 0 Å². The number of esters is 5. The Bertz CT molecular complexity index is 3160. The van der Waals surface area contributed by atoms with Gasteiger partial charge in [0.1, 0.15) is 11.5 Å². The molecule has 0 atom stereocenters. The average molecular weight is 1110 g/mol. The third kappa shape index (κ3) is 12.1. The van der Waals surface area contributed by atoms with Crippen molar-refractivity contribution in [1.29, 1.82) is 0 Å². The molecule has 0 bridgehead atoms. The fourth-order valence-corrected chi connectivity index (χ4v) is 7.74. The van der Waals surface area contributed by atoms with Crippen molar-refractivity contribution in [2.75, 3.05) is 0 Å². The standard InChI is InChI=1S/C55H35Br3O11/c56-40-21-11-37(12-22-40)53(62)65-44-29-19-36(20-30-44)48-50(67-46(61)32-34-9-5-2-6-10-34)49(66-45(60)31-33-7-3-1-4-8-33)47(35-17-27-43(59)28-18-35)51(68-54(63)38-13-23-41(57)24-14-38)52(48)69-55(64)39-15-25-42(58)26-16-39/h1-30,59H,31-32H2. The van der Waals surface area contributed by atoms with Crippen LogP contribution in [0.1, 0.15) is 42.2 Å². The minimum absolute atomic E-state index is 0.0803. The molecule has 0 heterocycles. The van der Waals surface area contributed by atoms with Crippen molar-refractivity contribution in [2.24, 2.45) is 0 Å². The quantitative estimate of drug-likeness (QED) is 0.0818. The highest BCUT2D eigenvalue weighted by Crippen LogP contribution is 2.58. The normalized spacial score (nSPS) is 10.7. The van der Waals surface area contributed by atoms with Crippen molar-refractivity contribution in [2.45, 2.75) is 12.8 Å². The molecule has 0 aliphatic heterocycles. The summed E-state index contributed by atoms with van der Waals surface area (Å²) in [6.45, 7) is 0. The van der Waals surface area contributed by atoms with E-state index >= 15 is 0 Å². The Morgan fingerprint density at radius 1 is 0.362 bits per heavy atom. The van der Waals surface area contributed by atoms with Gasteiger partial charge < -0.3 is 28.8 Å². The molecule has 14 heteroatoms. The second-order valence-corrected chi connectivity index (χ2v) is 17.8. The smallest absolute Gasteiger partial charge is 0.343 e. The van der Waals surface area contributed by atoms with E-state index in [-0.39, 0.29) is 63.3 Å². The lowest BCUT2D eigenvalue weighted by molar-refractivity contribution is -0.136. The van der Waals surface area contributed by atoms with Crippen molar-refractivity contribution in [1.82, 2.24) is 0 Å². The van der Waals surface area contributed by atoms with Crippen LogP contribution in [0.5, 0.6) is 34.5 Å². The first-order valence-electron chi connectivity index (χ1n) is 20.9. The van der Waals surface area contributed by atoms with E-state index < -0.39 is 52.8 Å². The Morgan fingerprint density at radius 2 is 0.681 bits per heavy atom. The van der Waals surface area contributed by atoms with Gasteiger partial charge in [0.25, 0.3) is 0 Å². The number of hydrogen-bond donors (Lipinski definition) is 1. The fourth-order valence-electron chi connectivity index (χ4n) is 6.94. The largest absolute Gasteiger partial charge is 0.508 e. The Labute approximate surface area is 420 Å². The molecule has 0 saturated carbocycles. The summed E-state index contributed by atoms with van der Waals surface area (Å²) in [7, 11) is 0. The lowest BCUT2D eigenvalue weighted by Gasteiger charge is -2.25. The maximum absolute atomic E-state index is 14.4. The minimum Gasteiger partial charge on any atom is -0.508 e. The molecule has 0 aliphatic carbocycles. The van der Waals surface area contributed by atoms with Gasteiger partial charge in [-0.25, -0.2) is 14.4 Å². The lowest BCUT2D eigenvalue weighted by atomic mass is 9.94. The first-order valence-corrected chi connectivity index (χ1v) is 23.3. The van der Waals surface area contributed by atoms with Crippen molar-refractivity contribution in [3.05, 3.63) is 223 Å². The number of carbonyl (C=O) groups is 5. The van der Waals surface area contributed by atoms with Gasteiger partial charge in [0, 0.05) is 13.4 Å². The molecule has 8 aromatic rings. The summed E-state index contributed by atoms with van der Waals surface area (Å²) >= 11 is 10.2. The van der Waals surface area contributed by atoms with Gasteiger partial charge in [-0.15, -0.1) is 0 Å². The van der Waals surface area contributed by atoms with Crippen LogP contribution < -0.4 is 23.7 Å². The van der Waals surface area contributed by atoms with Gasteiger partial charge in [-0.2, -0.15) is 0 Å². The topological polar surface area (TPSA) is 152 Å². The van der Waals surface area contributed by atoms with E-state index in [0.717, 1.165) is 4.47 Å². The van der Waals surface area contributed by atoms with Gasteiger partial charge in [0.15, 0.2) is 23.0 Å². The number of benzene rings is 8. The number of rotatable bonds is 14. The number of phenolic OH excluding ortho intramolecular Hbond substituents is 1. The maximum Gasteiger partial charge on any atom is 0.343 e. The summed E-state index contributed by atoms with van der Waals surface area (Å²) in [5, 5.41) is 10.5. The van der Waals surface area contributed by atoms with Crippen LogP contribution in [0.4, 0.5) is 0 Å². The third-order valence-corrected chi connectivity index (χ3v) is 11.9. The van der Waals surface area contributed by atoms with E-state index in [0.29, 0.717) is 20.1 Å². The molecule has 342 valence electrons. The van der Waals surface area contributed by atoms with E-state index in [9.17, 15) is 29.1 Å². The van der Waals surface area contributed by atoms with E-state index in [4.69, 9.17) is 23.7 Å². The fraction of sp³-hybridized carbons (Fsp3) is 0.0364. The van der Waals surface area contributed by atoms with E-state index in [1.54, 1.807) is 109 Å². The second kappa shape index (κ2) is 22.0. The van der Waals surface area contributed by atoms with Crippen molar-refractivity contribution in [3.8, 4) is 56.8 Å². The molecule has 0 aromatic heterocycles. The summed E-state index contributed by atoms with van der Waals surface area (Å²) in [4.78, 5) is 70.7. The minimum atomic E-state index is -0.920. The zero-order valence-corrected chi connectivity index (χ0v) is 40.7. The summed E-state index contributed by atoms with van der Waals surface area (Å²) in [5.41, 5.74) is 1.63. The Morgan fingerprint density at radius 3 is 1.04 bits per heavy atom. The summed E-state index contributed by atoms with van der Waals surface area (Å²) in [6, 6.07) is 48.2. The molecule has 0 aliphatic rings. The lowest BCUT2D eigenvalue weighted by Crippen LogP contribution is -2.19. The van der Waals surface area contributed by atoms with Gasteiger partial charge in [-0.3, -0.25) is 9.59 Å². The van der Waals surface area contributed by atoms with Crippen molar-refractivity contribution in [3.63, 3.8) is 0 Å². The van der Waals surface area contributed by atoms with Crippen LogP contribution in [0.3, 0.4) is 0 Å². The van der Waals surface area contributed by atoms with Crippen LogP contribution in [0.25, 0.3) is 22.3 Å². The third-order valence-electron chi connectivity index (χ3n) is 10.3. The first-order chi connectivity index (χ1) is 33.4. The Balaban J connectivity index is 1.41. The zero-order chi connectivity index (χ0) is 48.4. The molecule has 1 N–H and O–H groups in total. The molecule has 8 aromatic carbocycles. The van der Waals surface area contributed by atoms with E-state index in [1.807, 2.05) is 0 Å². The molecule has 69 heavy (non-hydrogen) atoms. The number of carbonyl (C=O) groups excluding carboxylic acids is 5. The van der Waals surface area contributed by atoms with Crippen LogP contribution in [-0.4, -0.2) is 35.0 Å². The maximum atomic E-state index is 14.4. The zero-order valence-electron chi connectivity index (χ0n) is 35.9. The predicted octanol–water partition coefficient (Wildman–Crippen LogP) is 13.0. The molecule has 0 saturated heterocycles. The summed E-state index contributed by atoms with van der Waals surface area (Å²) < 4.78 is 33.2. The van der Waals surface area contributed by atoms with Crippen molar-refractivity contribution >= 4 is 77.6 Å². The van der Waals surface area contributed by atoms with Crippen LogP contribution in [-0.2, 0) is 22.4 Å². The average Bonchev–Trinajstić information content (AvgIpc) is 3.34. The SMILES string of the molecule is O=C(Cc1ccccc1)Oc1c(OC(=O)Cc2ccccc2)c(-c2ccc(OC(=O)c3ccc(Br)cc3)cc2)c(OC(=O)c2ccc(Br)cc2)c(OC(=O)c2ccc(Br)cc2)c1-c1ccc(O)cc1. The summed E-state index contributed by atoms with van der Waals surface area (Å²) in [6.07, 6.45) is -0.513.